The summed E-state index contributed by atoms with van der Waals surface area (Å²) in [4.78, 5) is 18.0. The maximum Gasteiger partial charge on any atom is 0.266 e. The van der Waals surface area contributed by atoms with Crippen LogP contribution in [0.25, 0.3) is 38.2 Å². The molecule has 0 atom stereocenters. The third kappa shape index (κ3) is 1.61. The molecule has 0 saturated heterocycles. The van der Waals surface area contributed by atoms with E-state index in [-0.39, 0.29) is 5.56 Å². The summed E-state index contributed by atoms with van der Waals surface area (Å²) in [5, 5.41) is 3.89. The molecule has 3 aromatic carbocycles. The number of para-hydroxylation sites is 2. The van der Waals surface area contributed by atoms with Crippen molar-refractivity contribution in [2.24, 2.45) is 0 Å². The lowest BCUT2D eigenvalue weighted by Gasteiger charge is -2.13. The molecule has 0 amide bonds. The Bertz CT molecular complexity index is 1330. The van der Waals surface area contributed by atoms with Gasteiger partial charge in [-0.25, -0.2) is 4.98 Å². The molecule has 0 N–H and O–H groups in total. The number of aryl methyl sites for hydroxylation is 1. The van der Waals surface area contributed by atoms with Gasteiger partial charge in [0.05, 0.1) is 16.4 Å². The van der Waals surface area contributed by atoms with Crippen LogP contribution >= 0.6 is 0 Å². The zero-order valence-electron chi connectivity index (χ0n) is 13.2. The van der Waals surface area contributed by atoms with Crippen molar-refractivity contribution >= 4 is 38.2 Å². The number of aromatic nitrogens is 2. The van der Waals surface area contributed by atoms with Gasteiger partial charge < -0.3 is 0 Å². The molecule has 0 aliphatic rings. The minimum Gasteiger partial charge on any atom is -0.268 e. The van der Waals surface area contributed by atoms with Crippen molar-refractivity contribution in [1.82, 2.24) is 9.38 Å². The number of rotatable bonds is 0. The molecule has 2 heterocycles. The van der Waals surface area contributed by atoms with E-state index in [1.807, 2.05) is 42.5 Å². The second-order valence-electron chi connectivity index (χ2n) is 6.11. The molecule has 0 bridgehead atoms. The standard InChI is InChI=1S/C21H14N2O/c1-13-7-6-10-15-14-8-3-5-12-18(14)23-20(19(13)15)22-17-11-4-2-9-16(17)21(23)24/h2-12H,1H3. The van der Waals surface area contributed by atoms with Crippen LogP contribution in [0.15, 0.2) is 71.5 Å². The summed E-state index contributed by atoms with van der Waals surface area (Å²) in [6.45, 7) is 2.07. The van der Waals surface area contributed by atoms with E-state index in [2.05, 4.69) is 31.2 Å². The summed E-state index contributed by atoms with van der Waals surface area (Å²) >= 11 is 0. The van der Waals surface area contributed by atoms with Gasteiger partial charge in [0.15, 0.2) is 0 Å². The smallest absolute Gasteiger partial charge is 0.266 e. The number of hydrogen-bond donors (Lipinski definition) is 0. The van der Waals surface area contributed by atoms with E-state index >= 15 is 0 Å². The number of nitrogens with zero attached hydrogens (tertiary/aromatic N) is 2. The molecule has 0 aliphatic heterocycles. The maximum absolute atomic E-state index is 13.2. The van der Waals surface area contributed by atoms with Crippen LogP contribution in [0.2, 0.25) is 0 Å². The summed E-state index contributed by atoms with van der Waals surface area (Å²) in [6, 6.07) is 21.8. The first kappa shape index (κ1) is 13.3. The lowest BCUT2D eigenvalue weighted by molar-refractivity contribution is 1.14. The predicted octanol–water partition coefficient (Wildman–Crippen LogP) is 4.46. The average molecular weight is 310 g/mol. The number of pyridine rings is 1. The number of benzene rings is 3. The van der Waals surface area contributed by atoms with Crippen molar-refractivity contribution in [3.63, 3.8) is 0 Å². The summed E-state index contributed by atoms with van der Waals surface area (Å²) in [5.74, 6) is 0. The number of hydrogen-bond acceptors (Lipinski definition) is 2. The SMILES string of the molecule is Cc1cccc2c3ccccc3n3c(=O)c4ccccc4nc3c12. The van der Waals surface area contributed by atoms with Crippen LogP contribution < -0.4 is 5.56 Å². The van der Waals surface area contributed by atoms with Crippen molar-refractivity contribution in [1.29, 1.82) is 0 Å². The van der Waals surface area contributed by atoms with Gasteiger partial charge in [-0.1, -0.05) is 48.5 Å². The van der Waals surface area contributed by atoms with E-state index in [0.717, 1.165) is 38.4 Å². The van der Waals surface area contributed by atoms with Crippen molar-refractivity contribution in [2.45, 2.75) is 6.92 Å². The van der Waals surface area contributed by atoms with E-state index in [1.54, 1.807) is 4.40 Å². The Kier molecular flexibility index (Phi) is 2.57. The van der Waals surface area contributed by atoms with Crippen LogP contribution in [0.4, 0.5) is 0 Å². The van der Waals surface area contributed by atoms with Gasteiger partial charge in [0.25, 0.3) is 5.56 Å². The van der Waals surface area contributed by atoms with Crippen LogP contribution in [0.5, 0.6) is 0 Å². The Balaban J connectivity index is 2.26. The number of fused-ring (bicyclic) bond motifs is 7. The fraction of sp³-hybridized carbons (Fsp3) is 0.0476. The quantitative estimate of drug-likeness (QED) is 0.312. The first-order chi connectivity index (χ1) is 11.8. The van der Waals surface area contributed by atoms with E-state index < -0.39 is 0 Å². The van der Waals surface area contributed by atoms with Gasteiger partial charge in [-0.2, -0.15) is 0 Å². The molecule has 0 spiro atoms. The Morgan fingerprint density at radius 1 is 0.792 bits per heavy atom. The van der Waals surface area contributed by atoms with Crippen LogP contribution in [0.1, 0.15) is 5.56 Å². The zero-order valence-corrected chi connectivity index (χ0v) is 13.2. The molecular weight excluding hydrogens is 296 g/mol. The highest BCUT2D eigenvalue weighted by molar-refractivity contribution is 6.13. The van der Waals surface area contributed by atoms with Crippen molar-refractivity contribution < 1.29 is 0 Å². The molecule has 3 nitrogen and oxygen atoms in total. The van der Waals surface area contributed by atoms with Gasteiger partial charge in [-0.05, 0) is 36.1 Å². The molecule has 5 rings (SSSR count). The molecule has 114 valence electrons. The van der Waals surface area contributed by atoms with Crippen molar-refractivity contribution in [3.05, 3.63) is 82.6 Å². The van der Waals surface area contributed by atoms with Crippen molar-refractivity contribution in [2.75, 3.05) is 0 Å². The van der Waals surface area contributed by atoms with Gasteiger partial charge in [-0.3, -0.25) is 9.20 Å². The first-order valence-corrected chi connectivity index (χ1v) is 7.97. The normalized spacial score (nSPS) is 11.7. The molecule has 24 heavy (non-hydrogen) atoms. The summed E-state index contributed by atoms with van der Waals surface area (Å²) in [7, 11) is 0. The minimum absolute atomic E-state index is 0.0167. The molecule has 0 fully saturated rings. The first-order valence-electron chi connectivity index (χ1n) is 7.97. The van der Waals surface area contributed by atoms with E-state index in [0.29, 0.717) is 5.39 Å². The highest BCUT2D eigenvalue weighted by Gasteiger charge is 2.14. The van der Waals surface area contributed by atoms with Gasteiger partial charge in [0.1, 0.15) is 5.65 Å². The van der Waals surface area contributed by atoms with Gasteiger partial charge in [-0.15, -0.1) is 0 Å². The Morgan fingerprint density at radius 2 is 1.50 bits per heavy atom. The van der Waals surface area contributed by atoms with E-state index in [9.17, 15) is 4.79 Å². The molecule has 5 aromatic rings. The van der Waals surface area contributed by atoms with Crippen LogP contribution in [-0.2, 0) is 0 Å². The molecule has 0 saturated carbocycles. The van der Waals surface area contributed by atoms with Crippen LogP contribution in [0.3, 0.4) is 0 Å². The maximum atomic E-state index is 13.2. The van der Waals surface area contributed by atoms with Gasteiger partial charge in [0, 0.05) is 10.8 Å². The molecule has 2 aromatic heterocycles. The third-order valence-electron chi connectivity index (χ3n) is 4.71. The lowest BCUT2D eigenvalue weighted by Crippen LogP contribution is -2.16. The monoisotopic (exact) mass is 310 g/mol. The minimum atomic E-state index is -0.0167. The molecule has 0 radical (unpaired) electrons. The summed E-state index contributed by atoms with van der Waals surface area (Å²) in [5.41, 5.74) is 3.47. The third-order valence-corrected chi connectivity index (χ3v) is 4.71. The second-order valence-corrected chi connectivity index (χ2v) is 6.11. The van der Waals surface area contributed by atoms with E-state index in [4.69, 9.17) is 4.98 Å². The van der Waals surface area contributed by atoms with Crippen molar-refractivity contribution in [3.8, 4) is 0 Å². The van der Waals surface area contributed by atoms with Crippen LogP contribution in [-0.4, -0.2) is 9.38 Å². The second kappa shape index (κ2) is 4.65. The fourth-order valence-electron chi connectivity index (χ4n) is 3.61. The molecule has 0 aliphatic carbocycles. The Labute approximate surface area is 137 Å². The highest BCUT2D eigenvalue weighted by atomic mass is 16.1. The lowest BCUT2D eigenvalue weighted by atomic mass is 10.0. The van der Waals surface area contributed by atoms with Crippen LogP contribution in [0, 0.1) is 6.92 Å². The highest BCUT2D eigenvalue weighted by Crippen LogP contribution is 2.30. The summed E-state index contributed by atoms with van der Waals surface area (Å²) < 4.78 is 1.76. The Morgan fingerprint density at radius 3 is 2.38 bits per heavy atom. The Hall–Kier alpha value is -3.20. The molecular formula is C21H14N2O. The van der Waals surface area contributed by atoms with Gasteiger partial charge >= 0.3 is 0 Å². The molecule has 3 heteroatoms. The topological polar surface area (TPSA) is 34.4 Å². The predicted molar refractivity (Wildman–Crippen MR) is 98.7 cm³/mol. The zero-order chi connectivity index (χ0) is 16.3. The molecule has 0 unspecified atom stereocenters. The van der Waals surface area contributed by atoms with E-state index in [1.165, 1.54) is 0 Å². The fourth-order valence-corrected chi connectivity index (χ4v) is 3.61. The van der Waals surface area contributed by atoms with Gasteiger partial charge in [0.2, 0.25) is 0 Å². The summed E-state index contributed by atoms with van der Waals surface area (Å²) in [6.07, 6.45) is 0. The largest absolute Gasteiger partial charge is 0.268 e. The average Bonchev–Trinajstić information content (AvgIpc) is 2.62.